The van der Waals surface area contributed by atoms with Crippen molar-refractivity contribution in [2.24, 2.45) is 0 Å². The van der Waals surface area contributed by atoms with Crippen LogP contribution in [0.25, 0.3) is 0 Å². The summed E-state index contributed by atoms with van der Waals surface area (Å²) in [6, 6.07) is 16.5. The van der Waals surface area contributed by atoms with Crippen molar-refractivity contribution in [3.63, 3.8) is 0 Å². The van der Waals surface area contributed by atoms with Crippen molar-refractivity contribution < 1.29 is 4.74 Å². The van der Waals surface area contributed by atoms with Gasteiger partial charge in [0.15, 0.2) is 0 Å². The molecule has 0 aromatic heterocycles. The van der Waals surface area contributed by atoms with E-state index >= 15 is 0 Å². The lowest BCUT2D eigenvalue weighted by Gasteiger charge is -2.43. The average Bonchev–Trinajstić information content (AvgIpc) is 3.11. The lowest BCUT2D eigenvalue weighted by atomic mass is 9.86. The molecule has 0 spiro atoms. The van der Waals surface area contributed by atoms with Gasteiger partial charge in [-0.25, -0.2) is 0 Å². The van der Waals surface area contributed by atoms with Crippen LogP contribution in [0.1, 0.15) is 61.4 Å². The summed E-state index contributed by atoms with van der Waals surface area (Å²) in [6.45, 7) is 5.16. The van der Waals surface area contributed by atoms with Crippen molar-refractivity contribution >= 4 is 5.69 Å². The van der Waals surface area contributed by atoms with E-state index in [4.69, 9.17) is 4.74 Å². The van der Waals surface area contributed by atoms with Crippen LogP contribution in [0.2, 0.25) is 0 Å². The summed E-state index contributed by atoms with van der Waals surface area (Å²) >= 11 is 0. The summed E-state index contributed by atoms with van der Waals surface area (Å²) < 4.78 is 6.47. The second kappa shape index (κ2) is 10.0. The smallest absolute Gasteiger partial charge is 0.125 e. The van der Waals surface area contributed by atoms with Gasteiger partial charge in [-0.15, -0.1) is 0 Å². The Labute approximate surface area is 199 Å². The monoisotopic (exact) mass is 440 g/mol. The quantitative estimate of drug-likeness (QED) is 0.449. The predicted molar refractivity (Wildman–Crippen MR) is 138 cm³/mol. The van der Waals surface area contributed by atoms with Crippen molar-refractivity contribution in [2.45, 2.75) is 51.1 Å². The minimum Gasteiger partial charge on any atom is -0.489 e. The highest BCUT2D eigenvalue weighted by Crippen LogP contribution is 2.51. The molecule has 1 aliphatic carbocycles. The number of anilines is 1. The van der Waals surface area contributed by atoms with Crippen molar-refractivity contribution in [3.8, 4) is 5.75 Å². The molecular weight excluding hydrogens is 404 g/mol. The van der Waals surface area contributed by atoms with Crippen LogP contribution in [-0.2, 0) is 6.42 Å². The van der Waals surface area contributed by atoms with Crippen LogP contribution in [0, 0.1) is 0 Å². The van der Waals surface area contributed by atoms with E-state index in [1.54, 1.807) is 0 Å². The maximum atomic E-state index is 6.47. The van der Waals surface area contributed by atoms with E-state index < -0.39 is 0 Å². The topological polar surface area (TPSA) is 15.7 Å². The molecule has 0 radical (unpaired) electrons. The summed E-state index contributed by atoms with van der Waals surface area (Å²) in [5, 5.41) is 0. The van der Waals surface area contributed by atoms with Crippen LogP contribution in [0.5, 0.6) is 5.75 Å². The Hall–Kier alpha value is -2.78. The maximum absolute atomic E-state index is 6.47. The summed E-state index contributed by atoms with van der Waals surface area (Å²) in [5.41, 5.74) is 7.14. The van der Waals surface area contributed by atoms with Gasteiger partial charge in [0.05, 0.1) is 6.04 Å². The SMILES string of the molecule is CCCCN(C)C1CC(c2ccccc2OCC2=CC=CC=CC2)N2CCc3cccc1c32. The summed E-state index contributed by atoms with van der Waals surface area (Å²) in [7, 11) is 2.31. The van der Waals surface area contributed by atoms with Gasteiger partial charge in [-0.3, -0.25) is 4.90 Å². The molecule has 3 heteroatoms. The average molecular weight is 441 g/mol. The molecule has 0 saturated heterocycles. The zero-order valence-electron chi connectivity index (χ0n) is 20.0. The third-order valence-corrected chi connectivity index (χ3v) is 7.40. The molecule has 3 aliphatic rings. The summed E-state index contributed by atoms with van der Waals surface area (Å²) in [6.07, 6.45) is 16.4. The number of ether oxygens (including phenoxy) is 1. The Bertz CT molecular complexity index is 1070. The highest BCUT2D eigenvalue weighted by Gasteiger charge is 2.39. The molecule has 2 atom stereocenters. The van der Waals surface area contributed by atoms with Gasteiger partial charge in [-0.05, 0) is 62.0 Å². The number of rotatable bonds is 8. The molecule has 3 nitrogen and oxygen atoms in total. The number of nitrogens with zero attached hydrogens (tertiary/aromatic N) is 2. The molecule has 2 aromatic rings. The number of unbranched alkanes of at least 4 members (excludes halogenated alkanes) is 1. The van der Waals surface area contributed by atoms with Gasteiger partial charge in [0.25, 0.3) is 0 Å². The van der Waals surface area contributed by atoms with E-state index in [9.17, 15) is 0 Å². The van der Waals surface area contributed by atoms with Gasteiger partial charge >= 0.3 is 0 Å². The predicted octanol–water partition coefficient (Wildman–Crippen LogP) is 6.79. The maximum Gasteiger partial charge on any atom is 0.125 e. The van der Waals surface area contributed by atoms with E-state index in [1.165, 1.54) is 40.8 Å². The fourth-order valence-corrected chi connectivity index (χ4v) is 5.62. The van der Waals surface area contributed by atoms with Gasteiger partial charge in [-0.2, -0.15) is 0 Å². The highest BCUT2D eigenvalue weighted by molar-refractivity contribution is 5.68. The Morgan fingerprint density at radius 1 is 1.03 bits per heavy atom. The first kappa shape index (κ1) is 22.0. The lowest BCUT2D eigenvalue weighted by Crippen LogP contribution is -2.38. The van der Waals surface area contributed by atoms with Gasteiger partial charge in [0.2, 0.25) is 0 Å². The van der Waals surface area contributed by atoms with E-state index in [1.807, 2.05) is 0 Å². The first-order valence-electron chi connectivity index (χ1n) is 12.6. The van der Waals surface area contributed by atoms with Crippen LogP contribution in [-0.4, -0.2) is 31.6 Å². The second-order valence-corrected chi connectivity index (χ2v) is 9.57. The van der Waals surface area contributed by atoms with E-state index in [0.717, 1.165) is 38.1 Å². The molecule has 5 rings (SSSR count). The molecule has 33 heavy (non-hydrogen) atoms. The third kappa shape index (κ3) is 4.52. The van der Waals surface area contributed by atoms with Crippen LogP contribution < -0.4 is 9.64 Å². The van der Waals surface area contributed by atoms with Gasteiger partial charge in [0, 0.05) is 23.8 Å². The normalized spacial score (nSPS) is 21.2. The molecule has 0 bridgehead atoms. The number of hydrogen-bond donors (Lipinski definition) is 0. The van der Waals surface area contributed by atoms with Crippen LogP contribution in [0.3, 0.4) is 0 Å². The first-order chi connectivity index (χ1) is 16.3. The third-order valence-electron chi connectivity index (χ3n) is 7.40. The largest absolute Gasteiger partial charge is 0.489 e. The molecule has 2 aromatic carbocycles. The minimum atomic E-state index is 0.342. The Morgan fingerprint density at radius 2 is 1.91 bits per heavy atom. The first-order valence-corrected chi connectivity index (χ1v) is 12.6. The van der Waals surface area contributed by atoms with Gasteiger partial charge < -0.3 is 9.64 Å². The van der Waals surface area contributed by atoms with Crippen molar-refractivity contribution in [1.29, 1.82) is 0 Å². The molecule has 2 aliphatic heterocycles. The van der Waals surface area contributed by atoms with E-state index in [2.05, 4.69) is 96.6 Å². The molecule has 2 unspecified atom stereocenters. The fraction of sp³-hybridized carbons (Fsp3) is 0.400. The van der Waals surface area contributed by atoms with E-state index in [-0.39, 0.29) is 0 Å². The number of hydrogen-bond acceptors (Lipinski definition) is 3. The molecule has 2 heterocycles. The van der Waals surface area contributed by atoms with Crippen molar-refractivity contribution in [3.05, 3.63) is 95.1 Å². The zero-order valence-corrected chi connectivity index (χ0v) is 20.0. The second-order valence-electron chi connectivity index (χ2n) is 9.57. The Kier molecular flexibility index (Phi) is 6.68. The summed E-state index contributed by atoms with van der Waals surface area (Å²) in [5.74, 6) is 1.03. The number of para-hydroxylation sites is 2. The Morgan fingerprint density at radius 3 is 2.82 bits per heavy atom. The van der Waals surface area contributed by atoms with Crippen LogP contribution >= 0.6 is 0 Å². The number of benzene rings is 2. The number of allylic oxidation sites excluding steroid dienone is 5. The van der Waals surface area contributed by atoms with Crippen LogP contribution in [0.15, 0.2) is 78.4 Å². The van der Waals surface area contributed by atoms with Crippen molar-refractivity contribution in [2.75, 3.05) is 31.6 Å². The molecular formula is C30H36N2O. The van der Waals surface area contributed by atoms with Gasteiger partial charge in [-0.1, -0.05) is 80.1 Å². The molecule has 0 fully saturated rings. The fourth-order valence-electron chi connectivity index (χ4n) is 5.62. The standard InChI is InChI=1S/C30H36N2O/c1-3-4-19-31(2)27-21-28(32-20-18-24-14-11-16-26(27)30(24)32)25-15-9-10-17-29(25)33-22-23-12-7-5-6-8-13-23/h5-12,14-17,27-28H,3-4,13,18-22H2,1-2H3. The van der Waals surface area contributed by atoms with E-state index in [0.29, 0.717) is 18.7 Å². The van der Waals surface area contributed by atoms with Crippen molar-refractivity contribution in [1.82, 2.24) is 4.90 Å². The highest BCUT2D eigenvalue weighted by atomic mass is 16.5. The lowest BCUT2D eigenvalue weighted by molar-refractivity contribution is 0.209. The molecule has 0 saturated carbocycles. The van der Waals surface area contributed by atoms with Gasteiger partial charge in [0.1, 0.15) is 12.4 Å². The minimum absolute atomic E-state index is 0.342. The molecule has 0 N–H and O–H groups in total. The summed E-state index contributed by atoms with van der Waals surface area (Å²) in [4.78, 5) is 5.24. The Balaban J connectivity index is 1.45. The zero-order chi connectivity index (χ0) is 22.6. The molecule has 0 amide bonds. The molecule has 172 valence electrons. The van der Waals surface area contributed by atoms with Crippen LogP contribution in [0.4, 0.5) is 5.69 Å².